The normalized spacial score (nSPS) is 13.8. The standard InChI is InChI=1S/C66H127N2O7P/c1-7-10-13-16-19-22-25-27-29-31-32-33-34-35-36-37-39-41-44-47-50-53-56-59-66(70)75-64(57-54-51-48-45-42-24-21-18-15-12-9-3)63(62-74-76(71,72)73-61-60-68(4,5)6)67-65(69)58-55-52-49-46-43-40-38-30-28-26-23-20-17-14-11-8-2/h30,38,40,43,54,57,63-64H,7-29,31-37,39,41-42,44-53,55-56,58-62H2,1-6H3,(H-,67,69,71,72)/p+1/b38-30+,43-40+,57-54-. The van der Waals surface area contributed by atoms with E-state index in [0.717, 1.165) is 64.2 Å². The van der Waals surface area contributed by atoms with E-state index in [-0.39, 0.29) is 25.1 Å². The highest BCUT2D eigenvalue weighted by atomic mass is 31.2. The first kappa shape index (κ1) is 74.2. The lowest BCUT2D eigenvalue weighted by atomic mass is 10.0. The molecule has 0 saturated heterocycles. The summed E-state index contributed by atoms with van der Waals surface area (Å²) in [5.74, 6) is -0.521. The molecule has 0 spiro atoms. The number of amides is 1. The van der Waals surface area contributed by atoms with Crippen LogP contribution in [0.2, 0.25) is 0 Å². The molecule has 0 fully saturated rings. The largest absolute Gasteiger partial charge is 0.472 e. The van der Waals surface area contributed by atoms with Crippen LogP contribution in [0.1, 0.15) is 323 Å². The van der Waals surface area contributed by atoms with Crippen molar-refractivity contribution in [1.82, 2.24) is 5.32 Å². The van der Waals surface area contributed by atoms with Crippen LogP contribution in [0.25, 0.3) is 0 Å². The molecule has 3 unspecified atom stereocenters. The van der Waals surface area contributed by atoms with Gasteiger partial charge in [-0.05, 0) is 57.4 Å². The molecule has 0 aromatic heterocycles. The molecule has 10 heteroatoms. The van der Waals surface area contributed by atoms with Gasteiger partial charge in [0.15, 0.2) is 0 Å². The number of hydrogen-bond acceptors (Lipinski definition) is 6. The van der Waals surface area contributed by atoms with Crippen molar-refractivity contribution in [2.45, 2.75) is 335 Å². The van der Waals surface area contributed by atoms with Gasteiger partial charge in [0.05, 0.1) is 33.8 Å². The molecule has 0 radical (unpaired) electrons. The second-order valence-electron chi connectivity index (χ2n) is 23.7. The zero-order chi connectivity index (χ0) is 55.7. The van der Waals surface area contributed by atoms with Crippen LogP contribution in [-0.4, -0.2) is 74.3 Å². The Labute approximate surface area is 472 Å². The maximum Gasteiger partial charge on any atom is 0.472 e. The van der Waals surface area contributed by atoms with Crippen molar-refractivity contribution in [2.75, 3.05) is 40.9 Å². The Morgan fingerprint density at radius 2 is 0.789 bits per heavy atom. The zero-order valence-electron chi connectivity index (χ0n) is 51.3. The third-order valence-corrected chi connectivity index (χ3v) is 15.8. The van der Waals surface area contributed by atoms with Crippen molar-refractivity contribution < 1.29 is 37.3 Å². The van der Waals surface area contributed by atoms with Crippen LogP contribution < -0.4 is 5.32 Å². The van der Waals surface area contributed by atoms with E-state index in [4.69, 9.17) is 13.8 Å². The number of carbonyl (C=O) groups is 2. The molecule has 448 valence electrons. The number of nitrogens with zero attached hydrogens (tertiary/aromatic N) is 1. The van der Waals surface area contributed by atoms with Crippen LogP contribution in [0.15, 0.2) is 36.5 Å². The van der Waals surface area contributed by atoms with Crippen LogP contribution in [0.5, 0.6) is 0 Å². The quantitative estimate of drug-likeness (QED) is 0.0156. The number of phosphoric ester groups is 1. The Kier molecular flexibility index (Phi) is 55.2. The minimum Gasteiger partial charge on any atom is -0.456 e. The topological polar surface area (TPSA) is 111 Å². The van der Waals surface area contributed by atoms with E-state index >= 15 is 0 Å². The monoisotopic (exact) mass is 1090 g/mol. The number of ether oxygens (including phenoxy) is 1. The predicted octanol–water partition coefficient (Wildman–Crippen LogP) is 20.3. The minimum atomic E-state index is -4.45. The Balaban J connectivity index is 5.11. The van der Waals surface area contributed by atoms with Gasteiger partial charge in [0.1, 0.15) is 19.3 Å². The molecule has 0 aromatic rings. The molecule has 2 N–H and O–H groups in total. The number of nitrogens with one attached hydrogen (secondary N) is 1. The fraction of sp³-hybridized carbons (Fsp3) is 0.879. The SMILES string of the molecule is CCCCCCCCC/C=C/C=C/CCCCCC(=O)NC(COP(=O)(O)OCC[N+](C)(C)C)C(/C=C\CCCCCCCCCCC)OC(=O)CCCCCCCCCCCCCCCCCCCCCCCCC. The number of quaternary nitrogens is 1. The lowest BCUT2D eigenvalue weighted by molar-refractivity contribution is -0.870. The highest BCUT2D eigenvalue weighted by molar-refractivity contribution is 7.47. The molecule has 1 amide bonds. The van der Waals surface area contributed by atoms with Crippen molar-refractivity contribution in [3.05, 3.63) is 36.5 Å². The summed E-state index contributed by atoms with van der Waals surface area (Å²) in [6.07, 6.45) is 68.7. The molecule has 0 aromatic carbocycles. The first-order valence-electron chi connectivity index (χ1n) is 32.8. The Morgan fingerprint density at radius 1 is 0.461 bits per heavy atom. The van der Waals surface area contributed by atoms with Gasteiger partial charge in [0, 0.05) is 12.8 Å². The molecule has 0 heterocycles. The maximum absolute atomic E-state index is 13.5. The summed E-state index contributed by atoms with van der Waals surface area (Å²) in [6.45, 7) is 7.02. The lowest BCUT2D eigenvalue weighted by Gasteiger charge is -2.27. The molecular weight excluding hydrogens is 964 g/mol. The van der Waals surface area contributed by atoms with Crippen molar-refractivity contribution in [3.8, 4) is 0 Å². The fourth-order valence-electron chi connectivity index (χ4n) is 9.76. The minimum absolute atomic E-state index is 0.0374. The smallest absolute Gasteiger partial charge is 0.456 e. The van der Waals surface area contributed by atoms with Gasteiger partial charge >= 0.3 is 13.8 Å². The van der Waals surface area contributed by atoms with Gasteiger partial charge in [-0.3, -0.25) is 18.6 Å². The number of esters is 1. The highest BCUT2D eigenvalue weighted by Gasteiger charge is 2.30. The molecule has 0 saturated carbocycles. The van der Waals surface area contributed by atoms with Gasteiger partial charge in [-0.1, -0.05) is 289 Å². The third-order valence-electron chi connectivity index (χ3n) is 14.9. The second kappa shape index (κ2) is 56.5. The first-order valence-corrected chi connectivity index (χ1v) is 34.3. The van der Waals surface area contributed by atoms with E-state index in [9.17, 15) is 19.0 Å². The zero-order valence-corrected chi connectivity index (χ0v) is 52.2. The Morgan fingerprint density at radius 3 is 1.17 bits per heavy atom. The predicted molar refractivity (Wildman–Crippen MR) is 328 cm³/mol. The molecule has 0 bridgehead atoms. The molecule has 0 rings (SSSR count). The van der Waals surface area contributed by atoms with Crippen molar-refractivity contribution in [3.63, 3.8) is 0 Å². The molecular formula is C66H128N2O7P+. The van der Waals surface area contributed by atoms with Gasteiger partial charge in [-0.15, -0.1) is 0 Å². The van der Waals surface area contributed by atoms with Crippen LogP contribution >= 0.6 is 7.82 Å². The van der Waals surface area contributed by atoms with Crippen LogP contribution in [-0.2, 0) is 27.9 Å². The van der Waals surface area contributed by atoms with E-state index in [1.54, 1.807) is 0 Å². The number of unbranched alkanes of at least 4 members (excludes halogenated alkanes) is 41. The molecule has 76 heavy (non-hydrogen) atoms. The summed E-state index contributed by atoms with van der Waals surface area (Å²) in [5.41, 5.74) is 0. The summed E-state index contributed by atoms with van der Waals surface area (Å²) < 4.78 is 30.7. The second-order valence-corrected chi connectivity index (χ2v) is 25.1. The van der Waals surface area contributed by atoms with Crippen molar-refractivity contribution in [1.29, 1.82) is 0 Å². The molecule has 3 atom stereocenters. The summed E-state index contributed by atoms with van der Waals surface area (Å²) in [4.78, 5) is 37.7. The number of allylic oxidation sites excluding steroid dienone is 5. The number of likely N-dealkylation sites (N-methyl/N-ethyl adjacent to an activating group) is 1. The summed E-state index contributed by atoms with van der Waals surface area (Å²) >= 11 is 0. The van der Waals surface area contributed by atoms with Gasteiger partial charge < -0.3 is 19.4 Å². The molecule has 0 aliphatic carbocycles. The van der Waals surface area contributed by atoms with Crippen molar-refractivity contribution >= 4 is 19.7 Å². The van der Waals surface area contributed by atoms with Gasteiger partial charge in [-0.2, -0.15) is 0 Å². The lowest BCUT2D eigenvalue weighted by Crippen LogP contribution is -2.47. The number of hydrogen-bond donors (Lipinski definition) is 2. The van der Waals surface area contributed by atoms with Gasteiger partial charge in [0.2, 0.25) is 5.91 Å². The molecule has 0 aliphatic rings. The third kappa shape index (κ3) is 56.9. The van der Waals surface area contributed by atoms with Crippen LogP contribution in [0.4, 0.5) is 0 Å². The summed E-state index contributed by atoms with van der Waals surface area (Å²) in [7, 11) is 1.49. The summed E-state index contributed by atoms with van der Waals surface area (Å²) in [6, 6.07) is -0.858. The van der Waals surface area contributed by atoms with E-state index in [1.165, 1.54) is 218 Å². The number of carbonyl (C=O) groups excluding carboxylic acids is 2. The van der Waals surface area contributed by atoms with Crippen molar-refractivity contribution in [2.24, 2.45) is 0 Å². The van der Waals surface area contributed by atoms with Crippen LogP contribution in [0, 0.1) is 0 Å². The van der Waals surface area contributed by atoms with E-state index in [2.05, 4.69) is 50.4 Å². The summed E-state index contributed by atoms with van der Waals surface area (Å²) in [5, 5.41) is 3.05. The van der Waals surface area contributed by atoms with E-state index in [0.29, 0.717) is 30.3 Å². The van der Waals surface area contributed by atoms with Gasteiger partial charge in [-0.25, -0.2) is 4.57 Å². The number of phosphoric acid groups is 1. The van der Waals surface area contributed by atoms with E-state index < -0.39 is 20.0 Å². The fourth-order valence-corrected chi connectivity index (χ4v) is 10.5. The maximum atomic E-state index is 13.5. The average Bonchev–Trinajstić information content (AvgIpc) is 3.38. The number of rotatable bonds is 60. The molecule has 9 nitrogen and oxygen atoms in total. The van der Waals surface area contributed by atoms with Gasteiger partial charge in [0.25, 0.3) is 0 Å². The Bertz CT molecular complexity index is 1400. The Hall–Kier alpha value is -1.77. The highest BCUT2D eigenvalue weighted by Crippen LogP contribution is 2.43. The first-order chi connectivity index (χ1) is 36.9. The van der Waals surface area contributed by atoms with E-state index in [1.807, 2.05) is 33.3 Å². The van der Waals surface area contributed by atoms with Crippen LogP contribution in [0.3, 0.4) is 0 Å². The average molecular weight is 1090 g/mol. The molecule has 0 aliphatic heterocycles.